The van der Waals surface area contributed by atoms with Crippen molar-refractivity contribution in [3.05, 3.63) is 47.0 Å². The summed E-state index contributed by atoms with van der Waals surface area (Å²) in [6, 6.07) is 10.4. The molecule has 1 aliphatic rings. The van der Waals surface area contributed by atoms with Crippen LogP contribution in [0, 0.1) is 17.3 Å². The average Bonchev–Trinajstić information content (AvgIpc) is 3.00. The molecule has 0 unspecified atom stereocenters. The summed E-state index contributed by atoms with van der Waals surface area (Å²) in [5.74, 6) is 0.0227. The summed E-state index contributed by atoms with van der Waals surface area (Å²) in [5, 5.41) is 0.857. The van der Waals surface area contributed by atoms with Gasteiger partial charge in [0.25, 0.3) is 0 Å². The summed E-state index contributed by atoms with van der Waals surface area (Å²) < 4.78 is 4.85. The highest BCUT2D eigenvalue weighted by atomic mass is 35.5. The predicted octanol–water partition coefficient (Wildman–Crippen LogP) is 4.58. The Morgan fingerprint density at radius 1 is 1.33 bits per heavy atom. The van der Waals surface area contributed by atoms with Crippen LogP contribution in [0.3, 0.4) is 0 Å². The van der Waals surface area contributed by atoms with E-state index in [2.05, 4.69) is 38.1 Å². The SMILES string of the molecule is COC(=O)[C@@H]1[C@@H](/C=C(\Cl)CCCc2ccccc2)C1(C)C. The predicted molar refractivity (Wildman–Crippen MR) is 86.1 cm³/mol. The molecule has 2 nitrogen and oxygen atoms in total. The highest BCUT2D eigenvalue weighted by Crippen LogP contribution is 2.60. The molecule has 1 aromatic carbocycles. The normalized spacial score (nSPS) is 23.7. The number of methoxy groups -OCH3 is 1. The number of esters is 1. The highest BCUT2D eigenvalue weighted by Gasteiger charge is 2.61. The lowest BCUT2D eigenvalue weighted by Crippen LogP contribution is -2.07. The van der Waals surface area contributed by atoms with Crippen molar-refractivity contribution in [2.24, 2.45) is 17.3 Å². The Labute approximate surface area is 132 Å². The van der Waals surface area contributed by atoms with Crippen molar-refractivity contribution in [2.75, 3.05) is 7.11 Å². The lowest BCUT2D eigenvalue weighted by Gasteiger charge is -2.02. The van der Waals surface area contributed by atoms with E-state index in [9.17, 15) is 4.79 Å². The summed E-state index contributed by atoms with van der Waals surface area (Å²) in [5.41, 5.74) is 1.30. The lowest BCUT2D eigenvalue weighted by molar-refractivity contribution is -0.143. The number of hydrogen-bond donors (Lipinski definition) is 0. The van der Waals surface area contributed by atoms with Crippen molar-refractivity contribution in [1.82, 2.24) is 0 Å². The third-order valence-electron chi connectivity index (χ3n) is 4.45. The third-order valence-corrected chi connectivity index (χ3v) is 4.77. The molecular formula is C18H23ClO2. The first kappa shape index (κ1) is 16.1. The van der Waals surface area contributed by atoms with E-state index >= 15 is 0 Å². The van der Waals surface area contributed by atoms with E-state index in [-0.39, 0.29) is 23.2 Å². The first-order chi connectivity index (χ1) is 9.96. The number of aryl methyl sites for hydroxylation is 1. The second-order valence-corrected chi connectivity index (χ2v) is 6.79. The quantitative estimate of drug-likeness (QED) is 0.719. The van der Waals surface area contributed by atoms with Crippen molar-refractivity contribution in [3.8, 4) is 0 Å². The van der Waals surface area contributed by atoms with E-state index in [4.69, 9.17) is 16.3 Å². The largest absolute Gasteiger partial charge is 0.469 e. The van der Waals surface area contributed by atoms with Gasteiger partial charge < -0.3 is 4.74 Å². The number of hydrogen-bond acceptors (Lipinski definition) is 2. The Kier molecular flexibility index (Phi) is 5.10. The van der Waals surface area contributed by atoms with Gasteiger partial charge >= 0.3 is 5.97 Å². The van der Waals surface area contributed by atoms with Crippen LogP contribution in [0.1, 0.15) is 32.3 Å². The minimum Gasteiger partial charge on any atom is -0.469 e. The molecule has 1 saturated carbocycles. The molecule has 114 valence electrons. The van der Waals surface area contributed by atoms with Crippen LogP contribution in [0.15, 0.2) is 41.4 Å². The van der Waals surface area contributed by atoms with E-state index in [1.54, 1.807) is 0 Å². The second kappa shape index (κ2) is 6.65. The van der Waals surface area contributed by atoms with E-state index in [1.165, 1.54) is 12.7 Å². The maximum atomic E-state index is 11.7. The van der Waals surface area contributed by atoms with Crippen LogP contribution < -0.4 is 0 Å². The summed E-state index contributed by atoms with van der Waals surface area (Å²) >= 11 is 6.33. The molecule has 2 rings (SSSR count). The molecule has 2 atom stereocenters. The standard InChI is InChI=1S/C18H23ClO2/c1-18(2)15(16(18)17(20)21-3)12-14(19)11-7-10-13-8-5-4-6-9-13/h4-6,8-9,12,15-16H,7,10-11H2,1-3H3/b14-12-/t15-,16+/m1/s1. The molecule has 0 heterocycles. The van der Waals surface area contributed by atoms with Gasteiger partial charge in [0, 0.05) is 5.03 Å². The van der Waals surface area contributed by atoms with Gasteiger partial charge in [-0.15, -0.1) is 0 Å². The van der Waals surface area contributed by atoms with Crippen LogP contribution in [0.5, 0.6) is 0 Å². The van der Waals surface area contributed by atoms with Crippen LogP contribution in [0.25, 0.3) is 0 Å². The number of benzene rings is 1. The van der Waals surface area contributed by atoms with Crippen molar-refractivity contribution < 1.29 is 9.53 Å². The molecule has 0 saturated heterocycles. The van der Waals surface area contributed by atoms with E-state index in [0.29, 0.717) is 0 Å². The Morgan fingerprint density at radius 2 is 2.00 bits per heavy atom. The fourth-order valence-corrected chi connectivity index (χ4v) is 3.22. The van der Waals surface area contributed by atoms with Gasteiger partial charge in [-0.3, -0.25) is 4.79 Å². The average molecular weight is 307 g/mol. The van der Waals surface area contributed by atoms with Crippen molar-refractivity contribution >= 4 is 17.6 Å². The minimum atomic E-state index is -0.130. The van der Waals surface area contributed by atoms with Crippen molar-refractivity contribution in [3.63, 3.8) is 0 Å². The van der Waals surface area contributed by atoms with Gasteiger partial charge in [0.15, 0.2) is 0 Å². The van der Waals surface area contributed by atoms with Gasteiger partial charge in [-0.25, -0.2) is 0 Å². The van der Waals surface area contributed by atoms with Crippen LogP contribution in [-0.2, 0) is 16.0 Å². The zero-order chi connectivity index (χ0) is 15.5. The van der Waals surface area contributed by atoms with E-state index in [1.807, 2.05) is 12.1 Å². The topological polar surface area (TPSA) is 26.3 Å². The molecule has 0 spiro atoms. The molecule has 1 aromatic rings. The second-order valence-electron chi connectivity index (χ2n) is 6.30. The fourth-order valence-electron chi connectivity index (χ4n) is 2.95. The zero-order valence-electron chi connectivity index (χ0n) is 12.9. The Morgan fingerprint density at radius 3 is 2.62 bits per heavy atom. The Bertz CT molecular complexity index is 519. The minimum absolute atomic E-state index is 0.0351. The first-order valence-electron chi connectivity index (χ1n) is 7.44. The van der Waals surface area contributed by atoms with Gasteiger partial charge in [0.2, 0.25) is 0 Å². The van der Waals surface area contributed by atoms with Crippen LogP contribution >= 0.6 is 11.6 Å². The number of ether oxygens (including phenoxy) is 1. The first-order valence-corrected chi connectivity index (χ1v) is 7.82. The molecule has 21 heavy (non-hydrogen) atoms. The molecule has 3 heteroatoms. The number of rotatable bonds is 6. The maximum Gasteiger partial charge on any atom is 0.309 e. The van der Waals surface area contributed by atoms with Gasteiger partial charge in [0.1, 0.15) is 0 Å². The third kappa shape index (κ3) is 3.88. The van der Waals surface area contributed by atoms with Crippen LogP contribution in [0.4, 0.5) is 0 Å². The summed E-state index contributed by atoms with van der Waals surface area (Å²) in [6.45, 7) is 4.17. The number of carbonyl (C=O) groups excluding carboxylic acids is 1. The van der Waals surface area contributed by atoms with Crippen molar-refractivity contribution in [2.45, 2.75) is 33.1 Å². The fraction of sp³-hybridized carbons (Fsp3) is 0.500. The van der Waals surface area contributed by atoms with Gasteiger partial charge in [-0.05, 0) is 36.2 Å². The number of halogens is 1. The van der Waals surface area contributed by atoms with E-state index in [0.717, 1.165) is 24.3 Å². The van der Waals surface area contributed by atoms with E-state index < -0.39 is 0 Å². The summed E-state index contributed by atoms with van der Waals surface area (Å²) in [6.07, 6.45) is 4.96. The molecule has 0 aromatic heterocycles. The monoisotopic (exact) mass is 306 g/mol. The van der Waals surface area contributed by atoms with Gasteiger partial charge in [-0.1, -0.05) is 61.9 Å². The molecule has 0 radical (unpaired) electrons. The smallest absolute Gasteiger partial charge is 0.309 e. The molecule has 1 aliphatic carbocycles. The number of allylic oxidation sites excluding steroid dienone is 2. The lowest BCUT2D eigenvalue weighted by atomic mass is 10.1. The van der Waals surface area contributed by atoms with Crippen LogP contribution in [0.2, 0.25) is 0 Å². The van der Waals surface area contributed by atoms with Crippen LogP contribution in [-0.4, -0.2) is 13.1 Å². The molecule has 0 aliphatic heterocycles. The summed E-state index contributed by atoms with van der Waals surface area (Å²) in [4.78, 5) is 11.7. The molecule has 1 fully saturated rings. The molecular weight excluding hydrogens is 284 g/mol. The highest BCUT2D eigenvalue weighted by molar-refractivity contribution is 6.29. The maximum absolute atomic E-state index is 11.7. The van der Waals surface area contributed by atoms with Gasteiger partial charge in [-0.2, -0.15) is 0 Å². The molecule has 0 amide bonds. The number of carbonyl (C=O) groups is 1. The summed E-state index contributed by atoms with van der Waals surface area (Å²) in [7, 11) is 1.44. The Hall–Kier alpha value is -1.28. The Balaban J connectivity index is 1.83. The molecule has 0 bridgehead atoms. The van der Waals surface area contributed by atoms with Crippen molar-refractivity contribution in [1.29, 1.82) is 0 Å². The molecule has 0 N–H and O–H groups in total. The zero-order valence-corrected chi connectivity index (χ0v) is 13.7. The van der Waals surface area contributed by atoms with Gasteiger partial charge in [0.05, 0.1) is 13.0 Å².